The maximum atomic E-state index is 12.8. The minimum absolute atomic E-state index is 0.00631. The Morgan fingerprint density at radius 3 is 2.27 bits per heavy atom. The number of carbonyl (C=O) groups excluding carboxylic acids is 1. The molecule has 146 valence electrons. The van der Waals surface area contributed by atoms with Gasteiger partial charge in [0.05, 0.1) is 5.02 Å². The Kier molecular flexibility index (Phi) is 7.92. The summed E-state index contributed by atoms with van der Waals surface area (Å²) in [5, 5.41) is 3.21. The van der Waals surface area contributed by atoms with E-state index in [0.717, 1.165) is 25.7 Å². The van der Waals surface area contributed by atoms with Crippen LogP contribution in [0.4, 0.5) is 0 Å². The second kappa shape index (κ2) is 9.72. The first-order valence-electron chi connectivity index (χ1n) is 9.50. The number of halogens is 1. The van der Waals surface area contributed by atoms with Crippen molar-refractivity contribution in [2.75, 3.05) is 13.1 Å². The molecule has 0 unspecified atom stereocenters. The Bertz CT molecular complexity index is 709. The maximum absolute atomic E-state index is 12.8. The van der Waals surface area contributed by atoms with Crippen LogP contribution >= 0.6 is 11.6 Å². The third-order valence-electron chi connectivity index (χ3n) is 4.96. The lowest BCUT2D eigenvalue weighted by molar-refractivity contribution is 0.0930. The van der Waals surface area contributed by atoms with Crippen molar-refractivity contribution >= 4 is 27.5 Å². The molecule has 2 rings (SSSR count). The van der Waals surface area contributed by atoms with Crippen LogP contribution in [0.25, 0.3) is 0 Å². The lowest BCUT2D eigenvalue weighted by atomic mass is 9.96. The van der Waals surface area contributed by atoms with Gasteiger partial charge in [0.15, 0.2) is 0 Å². The van der Waals surface area contributed by atoms with Gasteiger partial charge in [0.2, 0.25) is 10.0 Å². The summed E-state index contributed by atoms with van der Waals surface area (Å²) in [6.07, 6.45) is 7.87. The highest BCUT2D eigenvalue weighted by Crippen LogP contribution is 2.26. The molecule has 1 aromatic rings. The molecule has 0 bridgehead atoms. The highest BCUT2D eigenvalue weighted by atomic mass is 35.5. The minimum atomic E-state index is -3.71. The number of benzene rings is 1. The van der Waals surface area contributed by atoms with Crippen LogP contribution in [0.5, 0.6) is 0 Å². The van der Waals surface area contributed by atoms with Gasteiger partial charge in [0.25, 0.3) is 5.91 Å². The predicted molar refractivity (Wildman–Crippen MR) is 105 cm³/mol. The number of amides is 1. The average molecular weight is 401 g/mol. The van der Waals surface area contributed by atoms with Crippen LogP contribution in [0.3, 0.4) is 0 Å². The van der Waals surface area contributed by atoms with E-state index in [1.807, 2.05) is 0 Å². The molecule has 0 aliphatic heterocycles. The molecule has 0 saturated heterocycles. The number of nitrogens with zero attached hydrogens (tertiary/aromatic N) is 1. The fraction of sp³-hybridized carbons (Fsp3) is 0.632. The van der Waals surface area contributed by atoms with Gasteiger partial charge in [-0.2, -0.15) is 4.31 Å². The van der Waals surface area contributed by atoms with Gasteiger partial charge in [-0.25, -0.2) is 8.42 Å². The highest BCUT2D eigenvalue weighted by molar-refractivity contribution is 7.89. The standard InChI is InChI=1S/C19H29ClN2O3S/c1-3-22(4-2)26(24,25)18-14-15(12-13-17(18)20)19(23)21-16-10-8-6-5-7-9-11-16/h12-14,16H,3-11H2,1-2H3,(H,21,23). The van der Waals surface area contributed by atoms with E-state index < -0.39 is 10.0 Å². The minimum Gasteiger partial charge on any atom is -0.349 e. The zero-order valence-electron chi connectivity index (χ0n) is 15.6. The van der Waals surface area contributed by atoms with Crippen molar-refractivity contribution in [3.8, 4) is 0 Å². The molecule has 7 heteroatoms. The van der Waals surface area contributed by atoms with Crippen LogP contribution < -0.4 is 5.32 Å². The monoisotopic (exact) mass is 400 g/mol. The predicted octanol–water partition coefficient (Wildman–Crippen LogP) is 4.21. The number of hydrogen-bond donors (Lipinski definition) is 1. The van der Waals surface area contributed by atoms with Crippen molar-refractivity contribution in [1.82, 2.24) is 9.62 Å². The molecular weight excluding hydrogens is 372 g/mol. The zero-order chi connectivity index (χ0) is 19.2. The molecule has 0 heterocycles. The van der Waals surface area contributed by atoms with E-state index in [-0.39, 0.29) is 21.9 Å². The molecule has 0 spiro atoms. The number of rotatable bonds is 6. The molecule has 0 radical (unpaired) electrons. The van der Waals surface area contributed by atoms with E-state index in [1.54, 1.807) is 19.9 Å². The van der Waals surface area contributed by atoms with Crippen molar-refractivity contribution in [3.05, 3.63) is 28.8 Å². The van der Waals surface area contributed by atoms with Gasteiger partial charge >= 0.3 is 0 Å². The fourth-order valence-electron chi connectivity index (χ4n) is 3.41. The summed E-state index contributed by atoms with van der Waals surface area (Å²) < 4.78 is 26.9. The van der Waals surface area contributed by atoms with Gasteiger partial charge in [-0.05, 0) is 31.0 Å². The zero-order valence-corrected chi connectivity index (χ0v) is 17.2. The molecule has 1 fully saturated rings. The van der Waals surface area contributed by atoms with Gasteiger partial charge in [0.1, 0.15) is 4.90 Å². The second-order valence-electron chi connectivity index (χ2n) is 6.75. The summed E-state index contributed by atoms with van der Waals surface area (Å²) in [5.74, 6) is -0.233. The van der Waals surface area contributed by atoms with Crippen molar-refractivity contribution < 1.29 is 13.2 Å². The summed E-state index contributed by atoms with van der Waals surface area (Å²) in [4.78, 5) is 12.6. The van der Waals surface area contributed by atoms with Crippen LogP contribution in [0.1, 0.15) is 69.2 Å². The lowest BCUT2D eigenvalue weighted by Crippen LogP contribution is -2.35. The van der Waals surface area contributed by atoms with Crippen LogP contribution in [0.2, 0.25) is 5.02 Å². The van der Waals surface area contributed by atoms with Gasteiger partial charge in [-0.15, -0.1) is 0 Å². The second-order valence-corrected chi connectivity index (χ2v) is 9.06. The van der Waals surface area contributed by atoms with Crippen molar-refractivity contribution in [1.29, 1.82) is 0 Å². The molecule has 0 aromatic heterocycles. The summed E-state index contributed by atoms with van der Waals surface area (Å²) in [6.45, 7) is 4.27. The van der Waals surface area contributed by atoms with E-state index in [4.69, 9.17) is 11.6 Å². The van der Waals surface area contributed by atoms with Crippen molar-refractivity contribution in [3.63, 3.8) is 0 Å². The van der Waals surface area contributed by atoms with Crippen LogP contribution in [-0.2, 0) is 10.0 Å². The average Bonchev–Trinajstić information content (AvgIpc) is 2.58. The molecule has 1 N–H and O–H groups in total. The quantitative estimate of drug-likeness (QED) is 0.777. The third kappa shape index (κ3) is 5.21. The maximum Gasteiger partial charge on any atom is 0.251 e. The Morgan fingerprint density at radius 1 is 1.12 bits per heavy atom. The van der Waals surface area contributed by atoms with Gasteiger partial charge in [-0.3, -0.25) is 4.79 Å². The van der Waals surface area contributed by atoms with Crippen LogP contribution in [0.15, 0.2) is 23.1 Å². The topological polar surface area (TPSA) is 66.5 Å². The van der Waals surface area contributed by atoms with Crippen molar-refractivity contribution in [2.24, 2.45) is 0 Å². The van der Waals surface area contributed by atoms with E-state index in [2.05, 4.69) is 5.32 Å². The largest absolute Gasteiger partial charge is 0.349 e. The van der Waals surface area contributed by atoms with Gasteiger partial charge in [0, 0.05) is 24.7 Å². The molecular formula is C19H29ClN2O3S. The lowest BCUT2D eigenvalue weighted by Gasteiger charge is -2.22. The van der Waals surface area contributed by atoms with E-state index >= 15 is 0 Å². The Labute approximate surface area is 162 Å². The molecule has 0 atom stereocenters. The number of nitrogens with one attached hydrogen (secondary N) is 1. The van der Waals surface area contributed by atoms with E-state index in [9.17, 15) is 13.2 Å². The SMILES string of the molecule is CCN(CC)S(=O)(=O)c1cc(C(=O)NC2CCCCCCC2)ccc1Cl. The normalized spacial score (nSPS) is 16.9. The molecule has 5 nitrogen and oxygen atoms in total. The first-order valence-corrected chi connectivity index (χ1v) is 11.3. The Hall–Kier alpha value is -1.11. The van der Waals surface area contributed by atoms with E-state index in [0.29, 0.717) is 18.7 Å². The van der Waals surface area contributed by atoms with Crippen molar-refractivity contribution in [2.45, 2.75) is 69.7 Å². The first-order chi connectivity index (χ1) is 12.4. The van der Waals surface area contributed by atoms with Gasteiger partial charge < -0.3 is 5.32 Å². The molecule has 1 amide bonds. The van der Waals surface area contributed by atoms with E-state index in [1.165, 1.54) is 35.7 Å². The molecule has 26 heavy (non-hydrogen) atoms. The summed E-state index contributed by atoms with van der Waals surface area (Å²) in [7, 11) is -3.71. The number of carbonyl (C=O) groups is 1. The molecule has 1 aromatic carbocycles. The first kappa shape index (κ1) is 21.2. The van der Waals surface area contributed by atoms with Gasteiger partial charge in [-0.1, -0.05) is 57.6 Å². The Morgan fingerprint density at radius 2 is 1.69 bits per heavy atom. The highest BCUT2D eigenvalue weighted by Gasteiger charge is 2.26. The number of sulfonamides is 1. The van der Waals surface area contributed by atoms with Crippen LogP contribution in [0, 0.1) is 0 Å². The van der Waals surface area contributed by atoms with Crippen LogP contribution in [-0.4, -0.2) is 37.8 Å². The molecule has 1 aliphatic carbocycles. The number of hydrogen-bond acceptors (Lipinski definition) is 3. The summed E-state index contributed by atoms with van der Waals surface area (Å²) in [5.41, 5.74) is 0.335. The molecule has 1 aliphatic rings. The summed E-state index contributed by atoms with van der Waals surface area (Å²) >= 11 is 6.14. The third-order valence-corrected chi connectivity index (χ3v) is 7.49. The molecule has 1 saturated carbocycles. The Balaban J connectivity index is 2.21. The smallest absolute Gasteiger partial charge is 0.251 e. The summed E-state index contributed by atoms with van der Waals surface area (Å²) in [6, 6.07) is 4.63. The fourth-order valence-corrected chi connectivity index (χ4v) is 5.37.